The van der Waals surface area contributed by atoms with Gasteiger partial charge in [-0.2, -0.15) is 0 Å². The van der Waals surface area contributed by atoms with E-state index in [0.29, 0.717) is 23.1 Å². The van der Waals surface area contributed by atoms with Crippen LogP contribution in [-0.4, -0.2) is 0 Å². The Morgan fingerprint density at radius 3 is 1.89 bits per heavy atom. The van der Waals surface area contributed by atoms with Gasteiger partial charge >= 0.3 is 0 Å². The first kappa shape index (κ1) is 25.4. The second-order valence-electron chi connectivity index (χ2n) is 10.2. The molecule has 2 heteroatoms. The summed E-state index contributed by atoms with van der Waals surface area (Å²) in [6.07, 6.45) is 13.8. The van der Waals surface area contributed by atoms with E-state index in [9.17, 15) is 8.78 Å². The van der Waals surface area contributed by atoms with Crippen LogP contribution in [0.25, 0.3) is 22.3 Å². The van der Waals surface area contributed by atoms with E-state index in [1.807, 2.05) is 31.2 Å². The van der Waals surface area contributed by atoms with Gasteiger partial charge in [0.2, 0.25) is 0 Å². The van der Waals surface area contributed by atoms with Crippen molar-refractivity contribution in [3.63, 3.8) is 0 Å². The zero-order valence-corrected chi connectivity index (χ0v) is 21.0. The van der Waals surface area contributed by atoms with Gasteiger partial charge in [-0.25, -0.2) is 8.78 Å². The fraction of sp³-hybridized carbons (Fsp3) is 0.394. The van der Waals surface area contributed by atoms with Crippen molar-refractivity contribution in [1.29, 1.82) is 0 Å². The molecular weight excluding hydrogens is 434 g/mol. The highest BCUT2D eigenvalue weighted by molar-refractivity contribution is 5.71. The molecule has 184 valence electrons. The van der Waals surface area contributed by atoms with Crippen molar-refractivity contribution < 1.29 is 8.78 Å². The molecule has 0 aliphatic heterocycles. The average Bonchev–Trinajstić information content (AvgIpc) is 2.90. The van der Waals surface area contributed by atoms with Crippen molar-refractivity contribution in [2.24, 2.45) is 11.8 Å². The summed E-state index contributed by atoms with van der Waals surface area (Å²) in [5.41, 5.74) is 5.09. The fourth-order valence-electron chi connectivity index (χ4n) is 5.51. The SMILES string of the molecule is C=CCCC1CCC(CCc2ccc(-c3ccc(-c4ccc(CCC)c(F)c4F)cc3)cc2)CC1. The molecule has 1 saturated carbocycles. The molecule has 0 amide bonds. The van der Waals surface area contributed by atoms with Crippen molar-refractivity contribution in [2.75, 3.05) is 0 Å². The number of allylic oxidation sites excluding steroid dienone is 1. The first-order chi connectivity index (χ1) is 17.1. The van der Waals surface area contributed by atoms with E-state index in [4.69, 9.17) is 0 Å². The number of hydrogen-bond acceptors (Lipinski definition) is 0. The third-order valence-corrected chi connectivity index (χ3v) is 7.75. The first-order valence-corrected chi connectivity index (χ1v) is 13.4. The maximum absolute atomic E-state index is 14.6. The molecule has 1 fully saturated rings. The average molecular weight is 473 g/mol. The van der Waals surface area contributed by atoms with Crippen LogP contribution in [0.2, 0.25) is 0 Å². The van der Waals surface area contributed by atoms with Crippen LogP contribution in [0.1, 0.15) is 69.4 Å². The molecular formula is C33H38F2. The van der Waals surface area contributed by atoms with Gasteiger partial charge in [0.15, 0.2) is 11.6 Å². The minimum atomic E-state index is -0.752. The number of hydrogen-bond donors (Lipinski definition) is 0. The Kier molecular flexibility index (Phi) is 8.90. The molecule has 0 aromatic heterocycles. The lowest BCUT2D eigenvalue weighted by Crippen LogP contribution is -2.15. The second kappa shape index (κ2) is 12.3. The molecule has 3 aromatic carbocycles. The van der Waals surface area contributed by atoms with Gasteiger partial charge in [-0.15, -0.1) is 6.58 Å². The Morgan fingerprint density at radius 2 is 1.29 bits per heavy atom. The van der Waals surface area contributed by atoms with Gasteiger partial charge in [0.25, 0.3) is 0 Å². The second-order valence-corrected chi connectivity index (χ2v) is 10.2. The van der Waals surface area contributed by atoms with E-state index in [1.54, 1.807) is 12.1 Å². The molecule has 0 nitrogen and oxygen atoms in total. The fourth-order valence-corrected chi connectivity index (χ4v) is 5.51. The van der Waals surface area contributed by atoms with Crippen molar-refractivity contribution in [3.05, 3.63) is 96.1 Å². The maximum Gasteiger partial charge on any atom is 0.166 e. The van der Waals surface area contributed by atoms with E-state index in [0.717, 1.165) is 42.2 Å². The summed E-state index contributed by atoms with van der Waals surface area (Å²) < 4.78 is 29.0. The lowest BCUT2D eigenvalue weighted by atomic mass is 9.78. The standard InChI is InChI=1S/C33H38F2/c1-3-5-7-24-8-10-25(11-9-24)12-13-26-14-16-27(17-15-26)28-18-20-29(21-19-28)31-23-22-30(6-4-2)32(34)33(31)35/h3,14-25H,1,4-13H2,2H3. The molecule has 0 N–H and O–H groups in total. The van der Waals surface area contributed by atoms with Crippen molar-refractivity contribution >= 4 is 0 Å². The van der Waals surface area contributed by atoms with Gasteiger partial charge < -0.3 is 0 Å². The normalized spacial score (nSPS) is 17.9. The highest BCUT2D eigenvalue weighted by Crippen LogP contribution is 2.34. The zero-order chi connectivity index (χ0) is 24.6. The lowest BCUT2D eigenvalue weighted by molar-refractivity contribution is 0.254. The Balaban J connectivity index is 1.34. The maximum atomic E-state index is 14.6. The van der Waals surface area contributed by atoms with Gasteiger partial charge in [0.1, 0.15) is 0 Å². The van der Waals surface area contributed by atoms with Crippen molar-refractivity contribution in [1.82, 2.24) is 0 Å². The van der Waals surface area contributed by atoms with Crippen LogP contribution in [-0.2, 0) is 12.8 Å². The van der Waals surface area contributed by atoms with Crippen LogP contribution in [0.3, 0.4) is 0 Å². The molecule has 0 spiro atoms. The smallest absolute Gasteiger partial charge is 0.166 e. The van der Waals surface area contributed by atoms with Gasteiger partial charge in [-0.3, -0.25) is 0 Å². The quantitative estimate of drug-likeness (QED) is 0.258. The summed E-state index contributed by atoms with van der Waals surface area (Å²) in [6.45, 7) is 5.82. The summed E-state index contributed by atoms with van der Waals surface area (Å²) in [5, 5.41) is 0. The highest BCUT2D eigenvalue weighted by atomic mass is 19.2. The molecule has 0 heterocycles. The highest BCUT2D eigenvalue weighted by Gasteiger charge is 2.20. The van der Waals surface area contributed by atoms with Crippen molar-refractivity contribution in [3.8, 4) is 22.3 Å². The third kappa shape index (κ3) is 6.48. The minimum absolute atomic E-state index is 0.319. The van der Waals surface area contributed by atoms with Crippen molar-refractivity contribution in [2.45, 2.75) is 71.1 Å². The lowest BCUT2D eigenvalue weighted by Gasteiger charge is -2.28. The van der Waals surface area contributed by atoms with Gasteiger partial charge in [-0.1, -0.05) is 106 Å². The summed E-state index contributed by atoms with van der Waals surface area (Å²) in [5.74, 6) is 0.303. The minimum Gasteiger partial charge on any atom is -0.203 e. The van der Waals surface area contributed by atoms with Crippen LogP contribution >= 0.6 is 0 Å². The van der Waals surface area contributed by atoms with E-state index < -0.39 is 11.6 Å². The van der Waals surface area contributed by atoms with Crippen LogP contribution < -0.4 is 0 Å². The van der Waals surface area contributed by atoms with Crippen LogP contribution in [0, 0.1) is 23.5 Å². The third-order valence-electron chi connectivity index (χ3n) is 7.75. The largest absolute Gasteiger partial charge is 0.203 e. The number of benzene rings is 3. The van der Waals surface area contributed by atoms with Crippen LogP contribution in [0.4, 0.5) is 8.78 Å². The summed E-state index contributed by atoms with van der Waals surface area (Å²) in [6, 6.07) is 20.0. The molecule has 1 aliphatic rings. The van der Waals surface area contributed by atoms with E-state index in [1.165, 1.54) is 44.1 Å². The van der Waals surface area contributed by atoms with Gasteiger partial charge in [0, 0.05) is 5.56 Å². The molecule has 0 radical (unpaired) electrons. The topological polar surface area (TPSA) is 0 Å². The molecule has 1 aliphatic carbocycles. The van der Waals surface area contributed by atoms with Crippen LogP contribution in [0.5, 0.6) is 0 Å². The Morgan fingerprint density at radius 1 is 0.714 bits per heavy atom. The molecule has 4 rings (SSSR count). The summed E-state index contributed by atoms with van der Waals surface area (Å²) in [4.78, 5) is 0. The molecule has 3 aromatic rings. The van der Waals surface area contributed by atoms with Crippen LogP contribution in [0.15, 0.2) is 73.3 Å². The van der Waals surface area contributed by atoms with Gasteiger partial charge in [-0.05, 0) is 71.8 Å². The predicted molar refractivity (Wildman–Crippen MR) is 144 cm³/mol. The molecule has 0 unspecified atom stereocenters. The number of halogens is 2. The van der Waals surface area contributed by atoms with E-state index in [-0.39, 0.29) is 0 Å². The Hall–Kier alpha value is -2.74. The van der Waals surface area contributed by atoms with E-state index in [2.05, 4.69) is 36.9 Å². The molecule has 0 saturated heterocycles. The predicted octanol–water partition coefficient (Wildman–Crippen LogP) is 9.96. The summed E-state index contributed by atoms with van der Waals surface area (Å²) >= 11 is 0. The molecule has 35 heavy (non-hydrogen) atoms. The molecule has 0 atom stereocenters. The Labute approximate surface area is 210 Å². The number of aryl methyl sites for hydroxylation is 2. The first-order valence-electron chi connectivity index (χ1n) is 13.4. The summed E-state index contributed by atoms with van der Waals surface area (Å²) in [7, 11) is 0. The van der Waals surface area contributed by atoms with E-state index >= 15 is 0 Å². The zero-order valence-electron chi connectivity index (χ0n) is 21.0. The number of rotatable bonds is 10. The molecule has 0 bridgehead atoms. The Bertz CT molecular complexity index is 1090. The van der Waals surface area contributed by atoms with Gasteiger partial charge in [0.05, 0.1) is 0 Å². The monoisotopic (exact) mass is 472 g/mol.